The molecule has 0 saturated heterocycles. The molecule has 3 rings (SSSR count). The maximum Gasteiger partial charge on any atom is 0.358 e. The number of benzene rings is 1. The topological polar surface area (TPSA) is 81.3 Å². The lowest BCUT2D eigenvalue weighted by Gasteiger charge is -2.05. The molecule has 3 aromatic rings. The Labute approximate surface area is 119 Å². The molecule has 21 heavy (non-hydrogen) atoms. The number of methoxy groups -OCH3 is 1. The van der Waals surface area contributed by atoms with Gasteiger partial charge >= 0.3 is 11.9 Å². The van der Waals surface area contributed by atoms with E-state index in [9.17, 15) is 9.59 Å². The minimum Gasteiger partial charge on any atom is -0.464 e. The molecule has 0 radical (unpaired) electrons. The number of H-pyrrole nitrogens is 1. The lowest BCUT2D eigenvalue weighted by Crippen LogP contribution is -2.07. The van der Waals surface area contributed by atoms with Crippen LogP contribution in [0.2, 0.25) is 0 Å². The predicted molar refractivity (Wildman–Crippen MR) is 76.2 cm³/mol. The number of fused-ring (bicyclic) bond motifs is 3. The molecule has 0 unspecified atom stereocenters. The van der Waals surface area contributed by atoms with E-state index in [0.29, 0.717) is 16.7 Å². The maximum absolute atomic E-state index is 11.8. The number of ether oxygens (including phenoxy) is 2. The SMILES string of the molecule is COC(=O)c1ncc(OC(C)=O)c2c1[nH]c1ccccc12. The lowest BCUT2D eigenvalue weighted by molar-refractivity contribution is -0.131. The average molecular weight is 284 g/mol. The zero-order valence-electron chi connectivity index (χ0n) is 11.5. The Morgan fingerprint density at radius 2 is 2.00 bits per heavy atom. The summed E-state index contributed by atoms with van der Waals surface area (Å²) in [5, 5.41) is 1.48. The van der Waals surface area contributed by atoms with Gasteiger partial charge in [-0.3, -0.25) is 4.79 Å². The third-order valence-electron chi connectivity index (χ3n) is 3.13. The zero-order chi connectivity index (χ0) is 15.0. The number of nitrogens with one attached hydrogen (secondary N) is 1. The number of rotatable bonds is 2. The second-order valence-corrected chi connectivity index (χ2v) is 4.48. The Morgan fingerprint density at radius 3 is 2.71 bits per heavy atom. The summed E-state index contributed by atoms with van der Waals surface area (Å²) in [6.07, 6.45) is 1.36. The molecule has 2 heterocycles. The molecule has 106 valence electrons. The van der Waals surface area contributed by atoms with Crippen molar-refractivity contribution >= 4 is 33.7 Å². The third kappa shape index (κ3) is 2.10. The van der Waals surface area contributed by atoms with Crippen LogP contribution in [0, 0.1) is 0 Å². The van der Waals surface area contributed by atoms with Crippen LogP contribution in [0.15, 0.2) is 30.5 Å². The zero-order valence-corrected chi connectivity index (χ0v) is 11.5. The van der Waals surface area contributed by atoms with Crippen molar-refractivity contribution < 1.29 is 19.1 Å². The van der Waals surface area contributed by atoms with Gasteiger partial charge in [-0.15, -0.1) is 0 Å². The number of carbonyl (C=O) groups excluding carboxylic acids is 2. The molecule has 2 aromatic heterocycles. The van der Waals surface area contributed by atoms with E-state index in [1.807, 2.05) is 24.3 Å². The first-order valence-electron chi connectivity index (χ1n) is 6.28. The average Bonchev–Trinajstić information content (AvgIpc) is 2.86. The molecule has 0 atom stereocenters. The van der Waals surface area contributed by atoms with Crippen LogP contribution in [0.4, 0.5) is 0 Å². The van der Waals surface area contributed by atoms with Crippen LogP contribution in [0.1, 0.15) is 17.4 Å². The van der Waals surface area contributed by atoms with Gasteiger partial charge in [0.2, 0.25) is 0 Å². The van der Waals surface area contributed by atoms with E-state index in [4.69, 9.17) is 9.47 Å². The van der Waals surface area contributed by atoms with Gasteiger partial charge in [0.1, 0.15) is 0 Å². The summed E-state index contributed by atoms with van der Waals surface area (Å²) < 4.78 is 9.92. The highest BCUT2D eigenvalue weighted by molar-refractivity contribution is 6.15. The van der Waals surface area contributed by atoms with Gasteiger partial charge in [-0.25, -0.2) is 9.78 Å². The number of para-hydroxylation sites is 1. The van der Waals surface area contributed by atoms with Gasteiger partial charge < -0.3 is 14.5 Å². The first-order chi connectivity index (χ1) is 10.1. The molecule has 6 heteroatoms. The summed E-state index contributed by atoms with van der Waals surface area (Å²) in [6, 6.07) is 7.48. The number of carbonyl (C=O) groups is 2. The molecule has 1 N–H and O–H groups in total. The third-order valence-corrected chi connectivity index (χ3v) is 3.13. The van der Waals surface area contributed by atoms with Crippen LogP contribution in [-0.4, -0.2) is 29.0 Å². The summed E-state index contributed by atoms with van der Waals surface area (Å²) in [5.41, 5.74) is 1.46. The Morgan fingerprint density at radius 1 is 1.24 bits per heavy atom. The van der Waals surface area contributed by atoms with E-state index in [-0.39, 0.29) is 5.69 Å². The van der Waals surface area contributed by atoms with Gasteiger partial charge in [-0.05, 0) is 6.07 Å². The molecule has 1 aromatic carbocycles. The smallest absolute Gasteiger partial charge is 0.358 e. The van der Waals surface area contributed by atoms with Crippen LogP contribution >= 0.6 is 0 Å². The lowest BCUT2D eigenvalue weighted by atomic mass is 10.1. The highest BCUT2D eigenvalue weighted by Gasteiger charge is 2.20. The molecule has 0 amide bonds. The highest BCUT2D eigenvalue weighted by atomic mass is 16.5. The van der Waals surface area contributed by atoms with Crippen LogP contribution in [0.25, 0.3) is 21.8 Å². The maximum atomic E-state index is 11.8. The van der Waals surface area contributed by atoms with Crippen molar-refractivity contribution in [3.8, 4) is 5.75 Å². The Balaban J connectivity index is 2.40. The fraction of sp³-hybridized carbons (Fsp3) is 0.133. The first-order valence-corrected chi connectivity index (χ1v) is 6.28. The van der Waals surface area contributed by atoms with Crippen LogP contribution in [0.3, 0.4) is 0 Å². The van der Waals surface area contributed by atoms with Crippen molar-refractivity contribution in [3.05, 3.63) is 36.2 Å². The van der Waals surface area contributed by atoms with Gasteiger partial charge in [0.25, 0.3) is 0 Å². The van der Waals surface area contributed by atoms with E-state index < -0.39 is 11.9 Å². The molecule has 0 aliphatic heterocycles. The molecule has 0 fully saturated rings. The van der Waals surface area contributed by atoms with Crippen molar-refractivity contribution in [2.45, 2.75) is 6.92 Å². The molecule has 0 aliphatic carbocycles. The molecule has 0 saturated carbocycles. The summed E-state index contributed by atoms with van der Waals surface area (Å²) in [4.78, 5) is 30.2. The van der Waals surface area contributed by atoms with E-state index in [1.165, 1.54) is 20.2 Å². The second kappa shape index (κ2) is 4.90. The van der Waals surface area contributed by atoms with Gasteiger partial charge in [-0.1, -0.05) is 18.2 Å². The minimum atomic E-state index is -0.555. The molecule has 0 spiro atoms. The Kier molecular flexibility index (Phi) is 3.06. The first kappa shape index (κ1) is 13.1. The number of pyridine rings is 1. The standard InChI is InChI=1S/C15H12N2O4/c1-8(18)21-11-7-16-14(15(19)20-2)13-12(11)9-5-3-4-6-10(9)17-13/h3-7,17H,1-2H3. The van der Waals surface area contributed by atoms with Crippen molar-refractivity contribution in [2.24, 2.45) is 0 Å². The summed E-state index contributed by atoms with van der Waals surface area (Å²) in [7, 11) is 1.29. The summed E-state index contributed by atoms with van der Waals surface area (Å²) in [5.74, 6) is -0.697. The van der Waals surface area contributed by atoms with E-state index >= 15 is 0 Å². The number of nitrogens with zero attached hydrogens (tertiary/aromatic N) is 1. The van der Waals surface area contributed by atoms with Crippen molar-refractivity contribution in [1.82, 2.24) is 9.97 Å². The number of aromatic amines is 1. The fourth-order valence-corrected chi connectivity index (χ4v) is 2.31. The van der Waals surface area contributed by atoms with E-state index in [1.54, 1.807) is 0 Å². The van der Waals surface area contributed by atoms with Gasteiger partial charge in [0.15, 0.2) is 11.4 Å². The molecule has 0 bridgehead atoms. The molecule has 0 aliphatic rings. The summed E-state index contributed by atoms with van der Waals surface area (Å²) >= 11 is 0. The van der Waals surface area contributed by atoms with Gasteiger partial charge in [-0.2, -0.15) is 0 Å². The molecule has 6 nitrogen and oxygen atoms in total. The molecular formula is C15H12N2O4. The van der Waals surface area contributed by atoms with Gasteiger partial charge in [0, 0.05) is 17.8 Å². The Bertz CT molecular complexity index is 867. The quantitative estimate of drug-likeness (QED) is 0.731. The van der Waals surface area contributed by atoms with Crippen molar-refractivity contribution in [1.29, 1.82) is 0 Å². The number of esters is 2. The number of aromatic nitrogens is 2. The van der Waals surface area contributed by atoms with Gasteiger partial charge in [0.05, 0.1) is 24.2 Å². The Hall–Kier alpha value is -2.89. The highest BCUT2D eigenvalue weighted by Crippen LogP contribution is 2.34. The van der Waals surface area contributed by atoms with E-state index in [2.05, 4.69) is 9.97 Å². The number of hydrogen-bond donors (Lipinski definition) is 1. The summed E-state index contributed by atoms with van der Waals surface area (Å²) in [6.45, 7) is 1.31. The van der Waals surface area contributed by atoms with Crippen molar-refractivity contribution in [2.75, 3.05) is 7.11 Å². The van der Waals surface area contributed by atoms with Crippen LogP contribution < -0.4 is 4.74 Å². The fourth-order valence-electron chi connectivity index (χ4n) is 2.31. The van der Waals surface area contributed by atoms with Crippen molar-refractivity contribution in [3.63, 3.8) is 0 Å². The normalized spacial score (nSPS) is 10.8. The second-order valence-electron chi connectivity index (χ2n) is 4.48. The monoisotopic (exact) mass is 284 g/mol. The largest absolute Gasteiger partial charge is 0.464 e. The van der Waals surface area contributed by atoms with Crippen LogP contribution in [-0.2, 0) is 9.53 Å². The number of hydrogen-bond acceptors (Lipinski definition) is 5. The van der Waals surface area contributed by atoms with Crippen LogP contribution in [0.5, 0.6) is 5.75 Å². The van der Waals surface area contributed by atoms with E-state index in [0.717, 1.165) is 10.9 Å². The molecular weight excluding hydrogens is 272 g/mol. The predicted octanol–water partition coefficient (Wildman–Crippen LogP) is 2.43. The minimum absolute atomic E-state index is 0.152.